The molecule has 0 atom stereocenters. The van der Waals surface area contributed by atoms with Crippen molar-refractivity contribution in [1.29, 1.82) is 0 Å². The summed E-state index contributed by atoms with van der Waals surface area (Å²) in [4.78, 5) is 27.8. The molecule has 1 amide bonds. The van der Waals surface area contributed by atoms with Crippen LogP contribution in [-0.2, 0) is 16.0 Å². The van der Waals surface area contributed by atoms with Gasteiger partial charge in [-0.3, -0.25) is 4.79 Å². The maximum absolute atomic E-state index is 13.8. The second kappa shape index (κ2) is 8.01. The van der Waals surface area contributed by atoms with Crippen molar-refractivity contribution >= 4 is 17.4 Å². The Morgan fingerprint density at radius 1 is 1.06 bits per heavy atom. The summed E-state index contributed by atoms with van der Waals surface area (Å²) in [6, 6.07) is 11.0. The molecule has 4 nitrogen and oxygen atoms in total. The van der Waals surface area contributed by atoms with Crippen LogP contribution in [0.2, 0.25) is 0 Å². The van der Waals surface area contributed by atoms with Gasteiger partial charge in [-0.1, -0.05) is 38.1 Å². The van der Waals surface area contributed by atoms with Gasteiger partial charge in [0, 0.05) is 23.7 Å². The van der Waals surface area contributed by atoms with Crippen LogP contribution in [0.25, 0.3) is 5.57 Å². The predicted octanol–water partition coefficient (Wildman–Crippen LogP) is 5.29. The van der Waals surface area contributed by atoms with E-state index in [2.05, 4.69) is 0 Å². The number of carbonyl (C=O) groups is 2. The number of ether oxygens (including phenoxy) is 1. The van der Waals surface area contributed by atoms with Crippen LogP contribution in [0.4, 0.5) is 8.78 Å². The molecule has 32 heavy (non-hydrogen) atoms. The van der Waals surface area contributed by atoms with Crippen LogP contribution in [0.3, 0.4) is 0 Å². The molecule has 2 aromatic rings. The largest absolute Gasteiger partial charge is 0.459 e. The van der Waals surface area contributed by atoms with Gasteiger partial charge in [-0.15, -0.1) is 0 Å². The van der Waals surface area contributed by atoms with Crippen molar-refractivity contribution in [2.24, 2.45) is 5.41 Å². The molecule has 2 aromatic carbocycles. The lowest BCUT2D eigenvalue weighted by Gasteiger charge is -2.31. The van der Waals surface area contributed by atoms with Gasteiger partial charge in [0.25, 0.3) is 5.91 Å². The van der Waals surface area contributed by atoms with Gasteiger partial charge in [0.05, 0.1) is 11.7 Å². The molecule has 0 N–H and O–H groups in total. The molecule has 0 aromatic heterocycles. The lowest BCUT2D eigenvalue weighted by Crippen LogP contribution is -2.35. The second-order valence-corrected chi connectivity index (χ2v) is 9.13. The zero-order valence-electron chi connectivity index (χ0n) is 18.5. The van der Waals surface area contributed by atoms with Crippen LogP contribution >= 0.6 is 0 Å². The standard InChI is InChI=1S/C26H25F2NO3/c1-15(2)32-25(31)20-13-29(24(30)17-9-10-21(27)22(28)12-17)14-26(3,4)23-18-8-6-5-7-16(18)11-19(20)23/h5-10,12-13,15H,11,14H2,1-4H3. The molecule has 2 aliphatic rings. The minimum absolute atomic E-state index is 0.00925. The fourth-order valence-electron chi connectivity index (χ4n) is 4.53. The summed E-state index contributed by atoms with van der Waals surface area (Å²) in [7, 11) is 0. The second-order valence-electron chi connectivity index (χ2n) is 9.13. The number of amides is 1. The zero-order chi connectivity index (χ0) is 23.2. The maximum Gasteiger partial charge on any atom is 0.340 e. The molecule has 1 heterocycles. The lowest BCUT2D eigenvalue weighted by atomic mass is 9.79. The monoisotopic (exact) mass is 437 g/mol. The molecule has 166 valence electrons. The highest BCUT2D eigenvalue weighted by molar-refractivity contribution is 6.02. The van der Waals surface area contributed by atoms with Crippen molar-refractivity contribution < 1.29 is 23.1 Å². The number of rotatable bonds is 3. The molecule has 0 spiro atoms. The number of benzene rings is 2. The summed E-state index contributed by atoms with van der Waals surface area (Å²) in [6.45, 7) is 7.82. The Hall–Kier alpha value is -3.28. The van der Waals surface area contributed by atoms with E-state index in [1.54, 1.807) is 13.8 Å². The van der Waals surface area contributed by atoms with Gasteiger partial charge < -0.3 is 9.64 Å². The van der Waals surface area contributed by atoms with Gasteiger partial charge in [0.1, 0.15) is 0 Å². The van der Waals surface area contributed by atoms with Gasteiger partial charge in [-0.2, -0.15) is 0 Å². The van der Waals surface area contributed by atoms with Gasteiger partial charge in [-0.25, -0.2) is 13.6 Å². The van der Waals surface area contributed by atoms with E-state index in [-0.39, 0.29) is 18.2 Å². The first-order valence-electron chi connectivity index (χ1n) is 10.6. The first kappa shape index (κ1) is 21.9. The van der Waals surface area contributed by atoms with Crippen LogP contribution in [0.5, 0.6) is 0 Å². The number of hydrogen-bond donors (Lipinski definition) is 0. The summed E-state index contributed by atoms with van der Waals surface area (Å²) in [6.07, 6.45) is 1.73. The fourth-order valence-corrected chi connectivity index (χ4v) is 4.53. The molecule has 0 saturated carbocycles. The van der Waals surface area contributed by atoms with E-state index < -0.39 is 28.9 Å². The molecule has 6 heteroatoms. The zero-order valence-corrected chi connectivity index (χ0v) is 18.5. The van der Waals surface area contributed by atoms with Crippen LogP contribution in [0.1, 0.15) is 49.2 Å². The Morgan fingerprint density at radius 2 is 1.78 bits per heavy atom. The Morgan fingerprint density at radius 3 is 2.47 bits per heavy atom. The highest BCUT2D eigenvalue weighted by atomic mass is 19.2. The normalized spacial score (nSPS) is 17.0. The van der Waals surface area contributed by atoms with Crippen molar-refractivity contribution in [1.82, 2.24) is 4.90 Å². The Labute approximate surface area is 186 Å². The van der Waals surface area contributed by atoms with Crippen molar-refractivity contribution in [3.8, 4) is 0 Å². The highest BCUT2D eigenvalue weighted by Crippen LogP contribution is 2.48. The number of fused-ring (bicyclic) bond motifs is 2. The third-order valence-electron chi connectivity index (χ3n) is 5.80. The molecule has 1 aliphatic heterocycles. The predicted molar refractivity (Wildman–Crippen MR) is 118 cm³/mol. The summed E-state index contributed by atoms with van der Waals surface area (Å²) in [5.41, 5.74) is 3.82. The molecule has 0 unspecified atom stereocenters. The molecule has 1 aliphatic carbocycles. The maximum atomic E-state index is 13.8. The van der Waals surface area contributed by atoms with E-state index in [4.69, 9.17) is 4.74 Å². The van der Waals surface area contributed by atoms with E-state index in [0.29, 0.717) is 12.0 Å². The summed E-state index contributed by atoms with van der Waals surface area (Å²) in [5.74, 6) is -3.14. The van der Waals surface area contributed by atoms with Crippen molar-refractivity contribution in [2.75, 3.05) is 6.54 Å². The Bertz CT molecular complexity index is 1180. The third kappa shape index (κ3) is 3.85. The molecule has 0 fully saturated rings. The van der Waals surface area contributed by atoms with Crippen LogP contribution in [-0.4, -0.2) is 29.4 Å². The number of nitrogens with zero attached hydrogens (tertiary/aromatic N) is 1. The average molecular weight is 437 g/mol. The topological polar surface area (TPSA) is 46.6 Å². The number of esters is 1. The van der Waals surface area contributed by atoms with Gasteiger partial charge in [0.2, 0.25) is 0 Å². The summed E-state index contributed by atoms with van der Waals surface area (Å²) >= 11 is 0. The smallest absolute Gasteiger partial charge is 0.340 e. The first-order chi connectivity index (χ1) is 15.1. The van der Waals surface area contributed by atoms with E-state index in [9.17, 15) is 18.4 Å². The quantitative estimate of drug-likeness (QED) is 0.613. The van der Waals surface area contributed by atoms with Crippen molar-refractivity contribution in [2.45, 2.75) is 40.2 Å². The van der Waals surface area contributed by atoms with E-state index in [0.717, 1.165) is 34.4 Å². The summed E-state index contributed by atoms with van der Waals surface area (Å²) in [5, 5.41) is 0. The average Bonchev–Trinajstić information content (AvgIpc) is 3.06. The fraction of sp³-hybridized carbons (Fsp3) is 0.308. The SMILES string of the molecule is CC(C)OC(=O)C1=CN(C(=O)c2ccc(F)c(F)c2)CC(C)(C)C2=C1Cc1ccccc12. The highest BCUT2D eigenvalue weighted by Gasteiger charge is 2.40. The molecular weight excluding hydrogens is 412 g/mol. The van der Waals surface area contributed by atoms with Crippen LogP contribution in [0.15, 0.2) is 59.8 Å². The molecule has 0 radical (unpaired) electrons. The minimum atomic E-state index is -1.09. The Kier molecular flexibility index (Phi) is 5.49. The Balaban J connectivity index is 1.83. The van der Waals surface area contributed by atoms with Crippen molar-refractivity contribution in [3.05, 3.63) is 88.1 Å². The number of hydrogen-bond acceptors (Lipinski definition) is 3. The minimum Gasteiger partial charge on any atom is -0.459 e. The van der Waals surface area contributed by atoms with Gasteiger partial charge in [0.15, 0.2) is 11.6 Å². The van der Waals surface area contributed by atoms with E-state index >= 15 is 0 Å². The van der Waals surface area contributed by atoms with Crippen LogP contribution in [0, 0.1) is 17.0 Å². The molecule has 0 saturated heterocycles. The van der Waals surface area contributed by atoms with E-state index in [1.807, 2.05) is 38.1 Å². The third-order valence-corrected chi connectivity index (χ3v) is 5.80. The lowest BCUT2D eigenvalue weighted by molar-refractivity contribution is -0.142. The summed E-state index contributed by atoms with van der Waals surface area (Å²) < 4.78 is 32.7. The molecule has 4 rings (SSSR count). The van der Waals surface area contributed by atoms with E-state index in [1.165, 1.54) is 17.2 Å². The first-order valence-corrected chi connectivity index (χ1v) is 10.6. The molecular formula is C26H25F2NO3. The van der Waals surface area contributed by atoms with Crippen molar-refractivity contribution in [3.63, 3.8) is 0 Å². The van der Waals surface area contributed by atoms with Gasteiger partial charge >= 0.3 is 5.97 Å². The van der Waals surface area contributed by atoms with Crippen LogP contribution < -0.4 is 0 Å². The molecule has 0 bridgehead atoms. The number of carbonyl (C=O) groups excluding carboxylic acids is 2. The number of halogens is 2. The van der Waals surface area contributed by atoms with Gasteiger partial charge in [-0.05, 0) is 60.7 Å².